The molecule has 6 nitrogen and oxygen atoms in total. The minimum Gasteiger partial charge on any atom is -0.467 e. The molecular weight excluding hydrogens is 413 g/mol. The Hall–Kier alpha value is -1.64. The summed E-state index contributed by atoms with van der Waals surface area (Å²) in [4.78, 5) is 37.8. The second-order valence-electron chi connectivity index (χ2n) is 5.83. The van der Waals surface area contributed by atoms with E-state index in [4.69, 9.17) is 4.74 Å². The number of amides is 2. The Morgan fingerprint density at radius 1 is 1.17 bits per heavy atom. The SMILES string of the molecule is COC(=O)[C@H](C)N(C(=O)OC(C)(C)C)C(=O)c1ccccc1I. The lowest BCUT2D eigenvalue weighted by Gasteiger charge is -2.29. The number of methoxy groups -OCH3 is 1. The third-order valence-corrected chi connectivity index (χ3v) is 3.78. The molecule has 0 bridgehead atoms. The summed E-state index contributed by atoms with van der Waals surface area (Å²) >= 11 is 1.99. The summed E-state index contributed by atoms with van der Waals surface area (Å²) in [5, 5.41) is 0. The molecule has 7 heteroatoms. The predicted octanol–water partition coefficient (Wildman–Crippen LogP) is 3.23. The standard InChI is InChI=1S/C16H20INO5/c1-10(14(20)22-5)18(15(21)23-16(2,3)4)13(19)11-8-6-7-9-12(11)17/h6-10H,1-5H3/t10-/m0/s1. The van der Waals surface area contributed by atoms with Crippen LogP contribution in [0.5, 0.6) is 0 Å². The Balaban J connectivity index is 3.23. The Morgan fingerprint density at radius 3 is 2.22 bits per heavy atom. The predicted molar refractivity (Wildman–Crippen MR) is 93.0 cm³/mol. The Labute approximate surface area is 149 Å². The van der Waals surface area contributed by atoms with Crippen LogP contribution >= 0.6 is 22.6 Å². The molecule has 0 aromatic heterocycles. The first kappa shape index (κ1) is 19.4. The summed E-state index contributed by atoms with van der Waals surface area (Å²) in [7, 11) is 1.20. The van der Waals surface area contributed by atoms with Gasteiger partial charge in [0.2, 0.25) is 0 Å². The number of imide groups is 1. The average molecular weight is 433 g/mol. The maximum Gasteiger partial charge on any atom is 0.418 e. The number of hydrogen-bond donors (Lipinski definition) is 0. The number of ether oxygens (including phenoxy) is 2. The summed E-state index contributed by atoms with van der Waals surface area (Å²) in [5.41, 5.74) is -0.482. The van der Waals surface area contributed by atoms with Crippen molar-refractivity contribution in [1.82, 2.24) is 4.90 Å². The molecule has 0 radical (unpaired) electrons. The number of benzene rings is 1. The van der Waals surface area contributed by atoms with Crippen molar-refractivity contribution in [2.45, 2.75) is 39.3 Å². The molecule has 1 rings (SSSR count). The van der Waals surface area contributed by atoms with E-state index >= 15 is 0 Å². The minimum atomic E-state index is -1.10. The first-order valence-corrected chi connectivity index (χ1v) is 8.05. The molecule has 0 saturated heterocycles. The van der Waals surface area contributed by atoms with Crippen molar-refractivity contribution < 1.29 is 23.9 Å². The molecule has 0 fully saturated rings. The van der Waals surface area contributed by atoms with E-state index in [0.29, 0.717) is 9.13 Å². The first-order chi connectivity index (χ1) is 10.6. The van der Waals surface area contributed by atoms with Crippen LogP contribution in [-0.4, -0.2) is 41.6 Å². The van der Waals surface area contributed by atoms with Gasteiger partial charge in [0.1, 0.15) is 11.6 Å². The zero-order valence-corrected chi connectivity index (χ0v) is 15.9. The third-order valence-electron chi connectivity index (χ3n) is 2.84. The highest BCUT2D eigenvalue weighted by atomic mass is 127. The van der Waals surface area contributed by atoms with Crippen LogP contribution in [0.4, 0.5) is 4.79 Å². The second-order valence-corrected chi connectivity index (χ2v) is 7.00. The van der Waals surface area contributed by atoms with Crippen LogP contribution in [0.1, 0.15) is 38.1 Å². The van der Waals surface area contributed by atoms with Crippen LogP contribution in [-0.2, 0) is 14.3 Å². The van der Waals surface area contributed by atoms with Crippen molar-refractivity contribution in [3.05, 3.63) is 33.4 Å². The van der Waals surface area contributed by atoms with E-state index in [9.17, 15) is 14.4 Å². The molecule has 0 heterocycles. The van der Waals surface area contributed by atoms with Gasteiger partial charge in [0.05, 0.1) is 12.7 Å². The van der Waals surface area contributed by atoms with Crippen LogP contribution in [0.15, 0.2) is 24.3 Å². The van der Waals surface area contributed by atoms with E-state index in [1.54, 1.807) is 45.0 Å². The summed E-state index contributed by atoms with van der Waals surface area (Å²) in [6.45, 7) is 6.47. The van der Waals surface area contributed by atoms with Crippen LogP contribution < -0.4 is 0 Å². The van der Waals surface area contributed by atoms with Gasteiger partial charge in [-0.25, -0.2) is 14.5 Å². The van der Waals surface area contributed by atoms with Gasteiger partial charge in [-0.3, -0.25) is 4.79 Å². The third kappa shape index (κ3) is 5.19. The summed E-state index contributed by atoms with van der Waals surface area (Å²) in [6, 6.07) is 5.69. The second kappa shape index (κ2) is 7.76. The average Bonchev–Trinajstić information content (AvgIpc) is 2.44. The van der Waals surface area contributed by atoms with Crippen LogP contribution in [0.3, 0.4) is 0 Å². The zero-order valence-electron chi connectivity index (χ0n) is 13.8. The van der Waals surface area contributed by atoms with Crippen molar-refractivity contribution in [1.29, 1.82) is 0 Å². The van der Waals surface area contributed by atoms with E-state index in [1.807, 2.05) is 22.6 Å². The van der Waals surface area contributed by atoms with E-state index in [1.165, 1.54) is 14.0 Å². The normalized spacial score (nSPS) is 12.3. The lowest BCUT2D eigenvalue weighted by Crippen LogP contribution is -2.49. The number of rotatable bonds is 3. The fraction of sp³-hybridized carbons (Fsp3) is 0.438. The number of hydrogen-bond acceptors (Lipinski definition) is 5. The lowest BCUT2D eigenvalue weighted by atomic mass is 10.1. The van der Waals surface area contributed by atoms with Crippen LogP contribution in [0.25, 0.3) is 0 Å². The molecule has 0 aliphatic heterocycles. The van der Waals surface area contributed by atoms with E-state index in [2.05, 4.69) is 4.74 Å². The molecule has 126 valence electrons. The van der Waals surface area contributed by atoms with Crippen LogP contribution in [0, 0.1) is 3.57 Å². The Bertz CT molecular complexity index is 609. The molecule has 0 unspecified atom stereocenters. The molecular formula is C16H20INO5. The van der Waals surface area contributed by atoms with Crippen molar-refractivity contribution in [3.63, 3.8) is 0 Å². The summed E-state index contributed by atoms with van der Waals surface area (Å²) in [6.07, 6.45) is -0.889. The number of carbonyl (C=O) groups excluding carboxylic acids is 3. The van der Waals surface area contributed by atoms with Gasteiger partial charge in [0, 0.05) is 3.57 Å². The number of carbonyl (C=O) groups is 3. The molecule has 0 aliphatic carbocycles. The van der Waals surface area contributed by atoms with Crippen LogP contribution in [0.2, 0.25) is 0 Å². The topological polar surface area (TPSA) is 72.9 Å². The van der Waals surface area contributed by atoms with Gasteiger partial charge in [-0.05, 0) is 62.4 Å². The Morgan fingerprint density at radius 2 is 1.74 bits per heavy atom. The smallest absolute Gasteiger partial charge is 0.418 e. The maximum atomic E-state index is 12.8. The van der Waals surface area contributed by atoms with Gasteiger partial charge < -0.3 is 9.47 Å². The van der Waals surface area contributed by atoms with Gasteiger partial charge in [-0.2, -0.15) is 0 Å². The molecule has 1 atom stereocenters. The zero-order chi connectivity index (χ0) is 17.8. The molecule has 0 aliphatic rings. The highest BCUT2D eigenvalue weighted by Crippen LogP contribution is 2.19. The first-order valence-electron chi connectivity index (χ1n) is 6.97. The fourth-order valence-electron chi connectivity index (χ4n) is 1.77. The van der Waals surface area contributed by atoms with E-state index < -0.39 is 29.6 Å². The van der Waals surface area contributed by atoms with Crippen molar-refractivity contribution >= 4 is 40.6 Å². The fourth-order valence-corrected chi connectivity index (χ4v) is 2.39. The van der Waals surface area contributed by atoms with Gasteiger partial charge in [-0.1, -0.05) is 12.1 Å². The van der Waals surface area contributed by atoms with Crippen molar-refractivity contribution in [3.8, 4) is 0 Å². The monoisotopic (exact) mass is 433 g/mol. The molecule has 2 amide bonds. The number of halogens is 1. The van der Waals surface area contributed by atoms with Gasteiger partial charge in [0.25, 0.3) is 5.91 Å². The molecule has 0 N–H and O–H groups in total. The molecule has 23 heavy (non-hydrogen) atoms. The molecule has 1 aromatic rings. The van der Waals surface area contributed by atoms with Gasteiger partial charge in [-0.15, -0.1) is 0 Å². The molecule has 0 saturated carbocycles. The highest BCUT2D eigenvalue weighted by Gasteiger charge is 2.36. The van der Waals surface area contributed by atoms with Crippen molar-refractivity contribution in [2.75, 3.05) is 7.11 Å². The summed E-state index contributed by atoms with van der Waals surface area (Å²) < 4.78 is 10.6. The largest absolute Gasteiger partial charge is 0.467 e. The number of nitrogens with zero attached hydrogens (tertiary/aromatic N) is 1. The quantitative estimate of drug-likeness (QED) is 0.541. The van der Waals surface area contributed by atoms with Gasteiger partial charge >= 0.3 is 12.1 Å². The minimum absolute atomic E-state index is 0.315. The van der Waals surface area contributed by atoms with Gasteiger partial charge in [0.15, 0.2) is 0 Å². The highest BCUT2D eigenvalue weighted by molar-refractivity contribution is 14.1. The number of esters is 1. The van der Waals surface area contributed by atoms with E-state index in [0.717, 1.165) is 4.90 Å². The Kier molecular flexibility index (Phi) is 6.55. The molecule has 0 spiro atoms. The maximum absolute atomic E-state index is 12.8. The van der Waals surface area contributed by atoms with Crippen molar-refractivity contribution in [2.24, 2.45) is 0 Å². The lowest BCUT2D eigenvalue weighted by molar-refractivity contribution is -0.145. The summed E-state index contributed by atoms with van der Waals surface area (Å²) in [5.74, 6) is -1.31. The molecule has 1 aromatic carbocycles. The van der Waals surface area contributed by atoms with E-state index in [-0.39, 0.29) is 0 Å².